The number of hydrogen-bond acceptors (Lipinski definition) is 3. The number of likely N-dealkylation sites (N-methyl/N-ethyl adjacent to an activating group) is 1. The Morgan fingerprint density at radius 3 is 2.78 bits per heavy atom. The fourth-order valence-corrected chi connectivity index (χ4v) is 2.03. The monoisotopic (exact) mass is 310 g/mol. The molecule has 0 aliphatic carbocycles. The van der Waals surface area contributed by atoms with Gasteiger partial charge in [-0.25, -0.2) is 4.79 Å². The van der Waals surface area contributed by atoms with Gasteiger partial charge < -0.3 is 10.4 Å². The molecule has 2 N–H and O–H groups in total. The van der Waals surface area contributed by atoms with E-state index < -0.39 is 6.03 Å². The fourth-order valence-electron chi connectivity index (χ4n) is 1.66. The molecule has 1 heterocycles. The number of carbonyl (C=O) groups excluding carboxylic acids is 2. The van der Waals surface area contributed by atoms with Gasteiger partial charge in [0.1, 0.15) is 11.4 Å². The summed E-state index contributed by atoms with van der Waals surface area (Å²) in [5.74, 6) is -0.343. The summed E-state index contributed by atoms with van der Waals surface area (Å²) in [4.78, 5) is 24.4. The summed E-state index contributed by atoms with van der Waals surface area (Å²) in [5, 5.41) is 12.1. The van der Waals surface area contributed by atoms with E-state index in [1.165, 1.54) is 12.1 Å². The fraction of sp³-hybridized carbons (Fsp3) is 0.167. The van der Waals surface area contributed by atoms with Crippen molar-refractivity contribution in [2.24, 2.45) is 0 Å². The molecule has 0 unspecified atom stereocenters. The first-order chi connectivity index (χ1) is 8.52. The van der Waals surface area contributed by atoms with Crippen molar-refractivity contribution in [2.45, 2.75) is 6.92 Å². The van der Waals surface area contributed by atoms with Crippen LogP contribution in [0.3, 0.4) is 0 Å². The van der Waals surface area contributed by atoms with Gasteiger partial charge in [-0.2, -0.15) is 0 Å². The van der Waals surface area contributed by atoms with Crippen molar-refractivity contribution in [1.82, 2.24) is 10.2 Å². The predicted molar refractivity (Wildman–Crippen MR) is 69.7 cm³/mol. The molecule has 0 atom stereocenters. The average molecular weight is 311 g/mol. The van der Waals surface area contributed by atoms with Gasteiger partial charge in [0, 0.05) is 16.6 Å². The number of amides is 3. The molecule has 6 heteroatoms. The zero-order valence-corrected chi connectivity index (χ0v) is 11.2. The second kappa shape index (κ2) is 4.81. The van der Waals surface area contributed by atoms with Gasteiger partial charge in [0.2, 0.25) is 0 Å². The summed E-state index contributed by atoms with van der Waals surface area (Å²) < 4.78 is 0.774. The highest BCUT2D eigenvalue weighted by atomic mass is 79.9. The highest BCUT2D eigenvalue weighted by Gasteiger charge is 2.32. The predicted octanol–water partition coefficient (Wildman–Crippen LogP) is 2.07. The van der Waals surface area contributed by atoms with Crippen molar-refractivity contribution in [2.75, 3.05) is 6.54 Å². The van der Waals surface area contributed by atoms with Gasteiger partial charge in [-0.3, -0.25) is 9.69 Å². The van der Waals surface area contributed by atoms with Crippen LogP contribution in [0.5, 0.6) is 5.75 Å². The van der Waals surface area contributed by atoms with Gasteiger partial charge in [-0.05, 0) is 31.2 Å². The van der Waals surface area contributed by atoms with E-state index in [1.807, 2.05) is 0 Å². The van der Waals surface area contributed by atoms with Crippen LogP contribution < -0.4 is 5.32 Å². The van der Waals surface area contributed by atoms with Crippen LogP contribution in [0.25, 0.3) is 6.08 Å². The number of nitrogens with one attached hydrogen (secondary N) is 1. The number of phenolic OH excluding ortho intramolecular Hbond substituents is 1. The summed E-state index contributed by atoms with van der Waals surface area (Å²) in [5.41, 5.74) is 0.626. The van der Waals surface area contributed by atoms with Crippen molar-refractivity contribution >= 4 is 33.9 Å². The summed E-state index contributed by atoms with van der Waals surface area (Å²) in [7, 11) is 0. The Labute approximate surface area is 112 Å². The minimum absolute atomic E-state index is 0.0442. The quantitative estimate of drug-likeness (QED) is 0.649. The smallest absolute Gasteiger partial charge is 0.328 e. The highest BCUT2D eigenvalue weighted by Crippen LogP contribution is 2.25. The molecule has 0 saturated carbocycles. The van der Waals surface area contributed by atoms with Crippen molar-refractivity contribution in [3.8, 4) is 5.75 Å². The zero-order chi connectivity index (χ0) is 13.3. The van der Waals surface area contributed by atoms with Crippen LogP contribution in [-0.2, 0) is 4.79 Å². The van der Waals surface area contributed by atoms with Gasteiger partial charge in [0.15, 0.2) is 0 Å². The van der Waals surface area contributed by atoms with Gasteiger partial charge in [0.25, 0.3) is 5.91 Å². The van der Waals surface area contributed by atoms with Crippen LogP contribution in [0, 0.1) is 0 Å². The lowest BCUT2D eigenvalue weighted by atomic mass is 10.1. The Bertz CT molecular complexity index is 554. The van der Waals surface area contributed by atoms with E-state index in [0.717, 1.165) is 9.37 Å². The minimum atomic E-state index is -0.441. The summed E-state index contributed by atoms with van der Waals surface area (Å²) >= 11 is 3.28. The van der Waals surface area contributed by atoms with Crippen LogP contribution in [-0.4, -0.2) is 28.5 Å². The zero-order valence-electron chi connectivity index (χ0n) is 9.61. The second-order valence-corrected chi connectivity index (χ2v) is 4.66. The Morgan fingerprint density at radius 1 is 1.44 bits per heavy atom. The van der Waals surface area contributed by atoms with E-state index in [2.05, 4.69) is 21.2 Å². The number of aromatic hydroxyl groups is 1. The Balaban J connectivity index is 2.38. The average Bonchev–Trinajstić information content (AvgIpc) is 2.59. The third kappa shape index (κ3) is 2.24. The van der Waals surface area contributed by atoms with Gasteiger partial charge in [0.05, 0.1) is 0 Å². The van der Waals surface area contributed by atoms with E-state index in [9.17, 15) is 14.7 Å². The van der Waals surface area contributed by atoms with Crippen LogP contribution >= 0.6 is 15.9 Å². The molecule has 1 aromatic rings. The number of hydrogen-bond donors (Lipinski definition) is 2. The van der Waals surface area contributed by atoms with Gasteiger partial charge >= 0.3 is 6.03 Å². The van der Waals surface area contributed by atoms with Crippen LogP contribution in [0.1, 0.15) is 12.5 Å². The maximum absolute atomic E-state index is 11.8. The number of nitrogens with zero attached hydrogens (tertiary/aromatic N) is 1. The number of imide groups is 1. The van der Waals surface area contributed by atoms with Crippen molar-refractivity contribution in [1.29, 1.82) is 0 Å². The summed E-state index contributed by atoms with van der Waals surface area (Å²) in [6.45, 7) is 2.03. The molecule has 0 bridgehead atoms. The largest absolute Gasteiger partial charge is 0.507 e. The maximum atomic E-state index is 11.8. The number of benzene rings is 1. The van der Waals surface area contributed by atoms with Crippen molar-refractivity contribution in [3.63, 3.8) is 0 Å². The molecular weight excluding hydrogens is 300 g/mol. The molecule has 94 valence electrons. The Kier molecular flexibility index (Phi) is 3.38. The number of phenols is 1. The second-order valence-electron chi connectivity index (χ2n) is 3.74. The topological polar surface area (TPSA) is 69.6 Å². The third-order valence-electron chi connectivity index (χ3n) is 2.57. The summed E-state index contributed by atoms with van der Waals surface area (Å²) in [6, 6.07) is 4.42. The molecule has 1 saturated heterocycles. The Hall–Kier alpha value is -1.82. The van der Waals surface area contributed by atoms with E-state index in [-0.39, 0.29) is 17.4 Å². The van der Waals surface area contributed by atoms with E-state index in [1.54, 1.807) is 19.1 Å². The van der Waals surface area contributed by atoms with Crippen LogP contribution in [0.2, 0.25) is 0 Å². The third-order valence-corrected chi connectivity index (χ3v) is 3.06. The number of halogens is 1. The molecule has 5 nitrogen and oxygen atoms in total. The molecule has 1 fully saturated rings. The lowest BCUT2D eigenvalue weighted by Gasteiger charge is -2.06. The lowest BCUT2D eigenvalue weighted by Crippen LogP contribution is -2.30. The van der Waals surface area contributed by atoms with Crippen molar-refractivity contribution < 1.29 is 14.7 Å². The van der Waals surface area contributed by atoms with Gasteiger partial charge in [-0.1, -0.05) is 15.9 Å². The first kappa shape index (κ1) is 12.6. The van der Waals surface area contributed by atoms with Crippen LogP contribution in [0.15, 0.2) is 28.4 Å². The molecule has 2 rings (SSSR count). The highest BCUT2D eigenvalue weighted by molar-refractivity contribution is 9.10. The molecule has 3 amide bonds. The number of carbonyl (C=O) groups is 2. The molecule has 0 radical (unpaired) electrons. The summed E-state index contributed by atoms with van der Waals surface area (Å²) in [6.07, 6.45) is 1.45. The molecule has 1 aliphatic heterocycles. The SMILES string of the molecule is CCN1C(=O)N/C(=C/c2cc(Br)ccc2O)C1=O. The first-order valence-electron chi connectivity index (χ1n) is 5.36. The maximum Gasteiger partial charge on any atom is 0.328 e. The van der Waals surface area contributed by atoms with E-state index in [0.29, 0.717) is 12.1 Å². The lowest BCUT2D eigenvalue weighted by molar-refractivity contribution is -0.122. The van der Waals surface area contributed by atoms with Crippen molar-refractivity contribution in [3.05, 3.63) is 33.9 Å². The van der Waals surface area contributed by atoms with E-state index in [4.69, 9.17) is 0 Å². The molecule has 18 heavy (non-hydrogen) atoms. The molecule has 0 aromatic heterocycles. The number of urea groups is 1. The first-order valence-corrected chi connectivity index (χ1v) is 6.15. The van der Waals surface area contributed by atoms with Crippen LogP contribution in [0.4, 0.5) is 4.79 Å². The molecular formula is C12H11BrN2O3. The van der Waals surface area contributed by atoms with E-state index >= 15 is 0 Å². The molecule has 1 aliphatic rings. The Morgan fingerprint density at radius 2 is 2.17 bits per heavy atom. The molecule has 0 spiro atoms. The van der Waals surface area contributed by atoms with Gasteiger partial charge in [-0.15, -0.1) is 0 Å². The minimum Gasteiger partial charge on any atom is -0.507 e. The number of rotatable bonds is 2. The normalized spacial score (nSPS) is 17.4. The standard InChI is InChI=1S/C12H11BrN2O3/c1-2-15-11(17)9(14-12(15)18)6-7-5-8(13)3-4-10(7)16/h3-6,16H,2H2,1H3,(H,14,18)/b9-6+. The molecule has 1 aromatic carbocycles.